The minimum atomic E-state index is -0.171. The van der Waals surface area contributed by atoms with Gasteiger partial charge in [0, 0.05) is 30.4 Å². The van der Waals surface area contributed by atoms with Crippen LogP contribution in [0.2, 0.25) is 0 Å². The van der Waals surface area contributed by atoms with Gasteiger partial charge in [0.2, 0.25) is 0 Å². The zero-order chi connectivity index (χ0) is 9.10. The van der Waals surface area contributed by atoms with E-state index in [0.29, 0.717) is 0 Å². The number of halogens is 1. The van der Waals surface area contributed by atoms with Gasteiger partial charge in [0.15, 0.2) is 6.17 Å². The maximum Gasteiger partial charge on any atom is 0.167 e. The van der Waals surface area contributed by atoms with E-state index in [2.05, 4.69) is 35.9 Å². The van der Waals surface area contributed by atoms with Crippen molar-refractivity contribution in [1.82, 2.24) is 9.97 Å². The molecule has 2 heterocycles. The lowest BCUT2D eigenvalue weighted by atomic mass is 10.2. The lowest BCUT2D eigenvalue weighted by Gasteiger charge is -2.11. The molecule has 0 bridgehead atoms. The first kappa shape index (κ1) is 8.50. The molecule has 13 heavy (non-hydrogen) atoms. The molecular weight excluding hydrogens is 232 g/mol. The first-order chi connectivity index (χ1) is 6.36. The van der Waals surface area contributed by atoms with Crippen LogP contribution < -0.4 is 0 Å². The summed E-state index contributed by atoms with van der Waals surface area (Å²) in [5.74, 6) is 0. The van der Waals surface area contributed by atoms with E-state index in [0.717, 1.165) is 5.56 Å². The Morgan fingerprint density at radius 3 is 2.31 bits per heavy atom. The second kappa shape index (κ2) is 3.74. The molecule has 1 aromatic rings. The standard InChI is InChI=1S/C8H7BrN4/c9-7-3-12-8(13-4-7)6-1-10-5-11-2-6/h1-5,7-8H. The molecule has 66 valence electrons. The Labute approximate surface area is 84.0 Å². The van der Waals surface area contributed by atoms with Crippen molar-refractivity contribution in [3.63, 3.8) is 0 Å². The normalized spacial score (nSPS) is 26.2. The molecule has 0 saturated heterocycles. The van der Waals surface area contributed by atoms with Crippen LogP contribution in [0.1, 0.15) is 11.7 Å². The van der Waals surface area contributed by atoms with Gasteiger partial charge in [-0.15, -0.1) is 0 Å². The first-order valence-corrected chi connectivity index (χ1v) is 4.73. The highest BCUT2D eigenvalue weighted by atomic mass is 79.9. The molecule has 5 heteroatoms. The van der Waals surface area contributed by atoms with Crippen LogP contribution in [0.25, 0.3) is 0 Å². The number of aromatic nitrogens is 2. The third-order valence-electron chi connectivity index (χ3n) is 1.62. The predicted octanol–water partition coefficient (Wildman–Crippen LogP) is 1.39. The highest BCUT2D eigenvalue weighted by molar-refractivity contribution is 9.10. The molecule has 1 aromatic heterocycles. The lowest BCUT2D eigenvalue weighted by Crippen LogP contribution is -2.09. The van der Waals surface area contributed by atoms with E-state index in [4.69, 9.17) is 0 Å². The second-order valence-corrected chi connectivity index (χ2v) is 3.64. The number of rotatable bonds is 1. The molecule has 0 aromatic carbocycles. The Bertz CT molecular complexity index is 321. The summed E-state index contributed by atoms with van der Waals surface area (Å²) in [7, 11) is 0. The van der Waals surface area contributed by atoms with E-state index >= 15 is 0 Å². The molecule has 0 N–H and O–H groups in total. The van der Waals surface area contributed by atoms with Crippen molar-refractivity contribution in [2.75, 3.05) is 0 Å². The highest BCUT2D eigenvalue weighted by Gasteiger charge is 2.11. The van der Waals surface area contributed by atoms with E-state index in [1.807, 2.05) is 12.4 Å². The van der Waals surface area contributed by atoms with Gasteiger partial charge in [0.25, 0.3) is 0 Å². The van der Waals surface area contributed by atoms with Crippen molar-refractivity contribution in [1.29, 1.82) is 0 Å². The molecule has 0 amide bonds. The minimum Gasteiger partial charge on any atom is -0.264 e. The first-order valence-electron chi connectivity index (χ1n) is 3.82. The Morgan fingerprint density at radius 2 is 1.69 bits per heavy atom. The average molecular weight is 239 g/mol. The molecule has 0 atom stereocenters. The summed E-state index contributed by atoms with van der Waals surface area (Å²) in [5.41, 5.74) is 0.911. The Balaban J connectivity index is 2.20. The van der Waals surface area contributed by atoms with E-state index < -0.39 is 0 Å². The van der Waals surface area contributed by atoms with Crippen LogP contribution in [-0.2, 0) is 0 Å². The van der Waals surface area contributed by atoms with Crippen LogP contribution >= 0.6 is 15.9 Å². The molecule has 0 aliphatic carbocycles. The van der Waals surface area contributed by atoms with Crippen molar-refractivity contribution in [3.8, 4) is 0 Å². The van der Waals surface area contributed by atoms with Crippen LogP contribution in [-0.4, -0.2) is 27.2 Å². The van der Waals surface area contributed by atoms with Crippen molar-refractivity contribution in [3.05, 3.63) is 24.3 Å². The topological polar surface area (TPSA) is 50.5 Å². The maximum absolute atomic E-state index is 4.23. The monoisotopic (exact) mass is 238 g/mol. The van der Waals surface area contributed by atoms with Crippen LogP contribution in [0, 0.1) is 0 Å². The van der Waals surface area contributed by atoms with Gasteiger partial charge in [-0.1, -0.05) is 15.9 Å². The molecule has 4 nitrogen and oxygen atoms in total. The summed E-state index contributed by atoms with van der Waals surface area (Å²) in [5, 5.41) is 0. The number of aliphatic imine (C=N–C) groups is 2. The fraction of sp³-hybridized carbons (Fsp3) is 0.250. The maximum atomic E-state index is 4.23. The summed E-state index contributed by atoms with van der Waals surface area (Å²) in [6.07, 6.45) is 8.39. The zero-order valence-corrected chi connectivity index (χ0v) is 8.29. The summed E-state index contributed by atoms with van der Waals surface area (Å²) in [4.78, 5) is 16.4. The Kier molecular flexibility index (Phi) is 2.44. The smallest absolute Gasteiger partial charge is 0.167 e. The van der Waals surface area contributed by atoms with Crippen molar-refractivity contribution < 1.29 is 0 Å². The van der Waals surface area contributed by atoms with E-state index in [9.17, 15) is 0 Å². The Hall–Kier alpha value is -1.10. The molecule has 0 radical (unpaired) electrons. The van der Waals surface area contributed by atoms with Gasteiger partial charge >= 0.3 is 0 Å². The summed E-state index contributed by atoms with van der Waals surface area (Å²) in [6, 6.07) is 0. The molecule has 0 spiro atoms. The predicted molar refractivity (Wildman–Crippen MR) is 54.5 cm³/mol. The quantitative estimate of drug-likeness (QED) is 0.695. The molecule has 1 aliphatic heterocycles. The van der Waals surface area contributed by atoms with Gasteiger partial charge in [-0.25, -0.2) is 9.97 Å². The summed E-state index contributed by atoms with van der Waals surface area (Å²) in [6.45, 7) is 0. The van der Waals surface area contributed by atoms with Crippen LogP contribution in [0.15, 0.2) is 28.7 Å². The van der Waals surface area contributed by atoms with E-state index in [1.165, 1.54) is 6.33 Å². The number of hydrogen-bond acceptors (Lipinski definition) is 4. The van der Waals surface area contributed by atoms with Crippen molar-refractivity contribution >= 4 is 28.4 Å². The van der Waals surface area contributed by atoms with Crippen LogP contribution in [0.5, 0.6) is 0 Å². The summed E-state index contributed by atoms with van der Waals surface area (Å²) < 4.78 is 0. The van der Waals surface area contributed by atoms with Gasteiger partial charge in [0.1, 0.15) is 6.33 Å². The molecule has 2 rings (SSSR count). The fourth-order valence-electron chi connectivity index (χ4n) is 1.02. The molecule has 0 fully saturated rings. The lowest BCUT2D eigenvalue weighted by molar-refractivity contribution is 0.764. The van der Waals surface area contributed by atoms with Gasteiger partial charge in [-0.3, -0.25) is 9.98 Å². The Morgan fingerprint density at radius 1 is 1.08 bits per heavy atom. The zero-order valence-electron chi connectivity index (χ0n) is 6.71. The summed E-state index contributed by atoms with van der Waals surface area (Å²) >= 11 is 3.36. The largest absolute Gasteiger partial charge is 0.264 e. The van der Waals surface area contributed by atoms with Gasteiger partial charge < -0.3 is 0 Å². The third kappa shape index (κ3) is 1.98. The minimum absolute atomic E-state index is 0.147. The number of alkyl halides is 1. The van der Waals surface area contributed by atoms with Gasteiger partial charge in [-0.05, 0) is 0 Å². The van der Waals surface area contributed by atoms with Gasteiger partial charge in [0.05, 0.1) is 4.83 Å². The van der Waals surface area contributed by atoms with Crippen LogP contribution in [0.3, 0.4) is 0 Å². The number of hydrogen-bond donors (Lipinski definition) is 0. The van der Waals surface area contributed by atoms with Crippen molar-refractivity contribution in [2.45, 2.75) is 11.0 Å². The van der Waals surface area contributed by atoms with Crippen molar-refractivity contribution in [2.24, 2.45) is 9.98 Å². The van der Waals surface area contributed by atoms with Gasteiger partial charge in [-0.2, -0.15) is 0 Å². The highest BCUT2D eigenvalue weighted by Crippen LogP contribution is 2.19. The number of nitrogens with zero attached hydrogens (tertiary/aromatic N) is 4. The van der Waals surface area contributed by atoms with E-state index in [1.54, 1.807) is 12.4 Å². The molecule has 0 saturated carbocycles. The molecule has 1 aliphatic rings. The fourth-order valence-corrected chi connectivity index (χ4v) is 1.29. The third-order valence-corrected chi connectivity index (χ3v) is 2.09. The average Bonchev–Trinajstić information content (AvgIpc) is 2.20. The molecule has 0 unspecified atom stereocenters. The molecular formula is C8H7BrN4. The van der Waals surface area contributed by atoms with E-state index in [-0.39, 0.29) is 11.0 Å². The second-order valence-electron chi connectivity index (χ2n) is 2.59. The van der Waals surface area contributed by atoms with Crippen LogP contribution in [0.4, 0.5) is 0 Å². The SMILES string of the molecule is BrC1C=NC(c2cncnc2)N=C1.